The first kappa shape index (κ1) is 46.8. The summed E-state index contributed by atoms with van der Waals surface area (Å²) in [5.41, 5.74) is 20.1. The van der Waals surface area contributed by atoms with Crippen LogP contribution in [0.1, 0.15) is 63.6 Å². The molecule has 10 rings (SSSR count). The summed E-state index contributed by atoms with van der Waals surface area (Å²) in [6.07, 6.45) is 24.2. The lowest BCUT2D eigenvalue weighted by atomic mass is 9.99. The van der Waals surface area contributed by atoms with E-state index in [4.69, 9.17) is 20.4 Å². The Morgan fingerprint density at radius 2 is 0.972 bits per heavy atom. The van der Waals surface area contributed by atoms with Gasteiger partial charge >= 0.3 is 0 Å². The highest BCUT2D eigenvalue weighted by Gasteiger charge is 2.18. The molecular weight excluding hydrogens is 881 g/mol. The van der Waals surface area contributed by atoms with Gasteiger partial charge in [0.1, 0.15) is 16.7 Å². The van der Waals surface area contributed by atoms with Crippen LogP contribution in [0.4, 0.5) is 28.4 Å². The summed E-state index contributed by atoms with van der Waals surface area (Å²) in [6, 6.07) is 58.3. The van der Waals surface area contributed by atoms with Gasteiger partial charge in [0.25, 0.3) is 0 Å². The molecule has 0 unspecified atom stereocenters. The molecule has 0 aliphatic heterocycles. The minimum absolute atomic E-state index is 0.817. The van der Waals surface area contributed by atoms with Gasteiger partial charge in [0.2, 0.25) is 0 Å². The van der Waals surface area contributed by atoms with Crippen molar-refractivity contribution < 1.29 is 0 Å². The first-order valence-electron chi connectivity index (χ1n) is 24.9. The van der Waals surface area contributed by atoms with Crippen LogP contribution in [-0.4, -0.2) is 30.0 Å². The Labute approximate surface area is 423 Å². The van der Waals surface area contributed by atoms with Crippen LogP contribution >= 0.6 is 0 Å². The molecule has 1 aliphatic carbocycles. The Hall–Kier alpha value is -8.88. The lowest BCUT2D eigenvalue weighted by molar-refractivity contribution is 0.739. The van der Waals surface area contributed by atoms with Crippen molar-refractivity contribution in [3.63, 3.8) is 0 Å². The minimum atomic E-state index is 0.817. The van der Waals surface area contributed by atoms with E-state index in [2.05, 4.69) is 226 Å². The van der Waals surface area contributed by atoms with Crippen molar-refractivity contribution in [3.05, 3.63) is 246 Å². The van der Waals surface area contributed by atoms with Crippen LogP contribution < -0.4 is 9.80 Å². The van der Waals surface area contributed by atoms with Crippen molar-refractivity contribution >= 4 is 51.6 Å². The van der Waals surface area contributed by atoms with Crippen LogP contribution in [0.5, 0.6) is 0 Å². The molecule has 354 valence electrons. The average Bonchev–Trinajstić information content (AvgIpc) is 4.05. The van der Waals surface area contributed by atoms with Gasteiger partial charge in [-0.2, -0.15) is 14.7 Å². The molecule has 9 aromatic rings. The topological polar surface area (TPSA) is 67.9 Å². The highest BCUT2D eigenvalue weighted by molar-refractivity contribution is 5.81. The molecule has 7 aromatic carbocycles. The van der Waals surface area contributed by atoms with Gasteiger partial charge in [0.15, 0.2) is 0 Å². The molecule has 0 atom stereocenters. The lowest BCUT2D eigenvalue weighted by Crippen LogP contribution is -2.16. The number of rotatable bonds is 14. The van der Waals surface area contributed by atoms with Gasteiger partial charge in [-0.3, -0.25) is 0 Å². The van der Waals surface area contributed by atoms with Crippen LogP contribution in [0.2, 0.25) is 0 Å². The molecule has 0 saturated heterocycles. The molecule has 2 aromatic heterocycles. The number of benzene rings is 7. The van der Waals surface area contributed by atoms with E-state index in [0.29, 0.717) is 0 Å². The third kappa shape index (κ3) is 9.93. The Morgan fingerprint density at radius 1 is 0.486 bits per heavy atom. The van der Waals surface area contributed by atoms with Gasteiger partial charge in [0, 0.05) is 34.1 Å². The molecule has 0 saturated carbocycles. The van der Waals surface area contributed by atoms with E-state index in [0.717, 1.165) is 115 Å². The maximum atomic E-state index is 4.80. The van der Waals surface area contributed by atoms with Gasteiger partial charge in [-0.25, -0.2) is 0 Å². The molecule has 2 heterocycles. The number of aromatic nitrogens is 6. The van der Waals surface area contributed by atoms with Crippen LogP contribution in [0.3, 0.4) is 0 Å². The zero-order valence-electron chi connectivity index (χ0n) is 41.6. The standard InChI is InChI=1S/C64H58N8/c1-6-16-52-45-60(35-26-47(52)9-4)70(56-38-40-57(41-39-56)71-65-61(10-5)62(66-71)17-7-2)54-33-29-51(30-34-54)49-24-22-48(23-25-49)50-27-31-53(32-28-50)69(59-19-13-11-12-18-46(8-3)44-59)55-36-42-58(43-37-55)72-67-63-20-14-15-21-64(63)68-72/h6-8,12-45H,9-11H2,1-5H3/b16-6-,17-7-,18-12-,19-13-,46-8+,59-44+. The van der Waals surface area contributed by atoms with Gasteiger partial charge < -0.3 is 9.80 Å². The summed E-state index contributed by atoms with van der Waals surface area (Å²) in [5.74, 6) is 0. The number of fused-ring (bicyclic) bond motifs is 1. The summed E-state index contributed by atoms with van der Waals surface area (Å²) in [7, 11) is 0. The van der Waals surface area contributed by atoms with E-state index in [1.165, 1.54) is 11.1 Å². The van der Waals surface area contributed by atoms with Crippen LogP contribution in [-0.2, 0) is 12.8 Å². The summed E-state index contributed by atoms with van der Waals surface area (Å²) < 4.78 is 0. The number of nitrogens with zero attached hydrogens (tertiary/aromatic N) is 8. The average molecular weight is 939 g/mol. The molecule has 8 nitrogen and oxygen atoms in total. The van der Waals surface area contributed by atoms with Crippen LogP contribution in [0.25, 0.3) is 56.8 Å². The second-order valence-electron chi connectivity index (χ2n) is 17.7. The Morgan fingerprint density at radius 3 is 1.49 bits per heavy atom. The third-order valence-corrected chi connectivity index (χ3v) is 13.0. The summed E-state index contributed by atoms with van der Waals surface area (Å²) in [6.45, 7) is 10.5. The van der Waals surface area contributed by atoms with Crippen LogP contribution in [0, 0.1) is 0 Å². The first-order chi connectivity index (χ1) is 35.4. The van der Waals surface area contributed by atoms with E-state index >= 15 is 0 Å². The lowest BCUT2D eigenvalue weighted by Gasteiger charge is -2.27. The highest BCUT2D eigenvalue weighted by atomic mass is 15.5. The fourth-order valence-electron chi connectivity index (χ4n) is 9.24. The molecule has 1 aliphatic rings. The second kappa shape index (κ2) is 21.4. The van der Waals surface area contributed by atoms with Crippen molar-refractivity contribution in [3.8, 4) is 33.6 Å². The van der Waals surface area contributed by atoms with Crippen LogP contribution in [0.15, 0.2) is 224 Å². The molecule has 0 spiro atoms. The third-order valence-electron chi connectivity index (χ3n) is 13.0. The molecule has 0 N–H and O–H groups in total. The van der Waals surface area contributed by atoms with E-state index in [-0.39, 0.29) is 0 Å². The summed E-state index contributed by atoms with van der Waals surface area (Å²) in [5, 5.41) is 19.0. The van der Waals surface area contributed by atoms with Crippen molar-refractivity contribution in [2.24, 2.45) is 0 Å². The van der Waals surface area contributed by atoms with E-state index in [9.17, 15) is 0 Å². The summed E-state index contributed by atoms with van der Waals surface area (Å²) >= 11 is 0. The normalized spacial score (nSPS) is 14.9. The van der Waals surface area contributed by atoms with E-state index in [1.807, 2.05) is 43.3 Å². The SMILES string of the molecule is C/C=C\c1cc(N(c2ccc(-c3ccc(-c4ccc(N(C5=C/C(=C/C)/C=C\C/C=C\5)c5ccc(-n6nc7ccccc7n6)cc5)cc4)cc3)cc2)c2ccc(-n3nc(/C=C\C)c(CC)n3)cc2)ccc1CC. The predicted octanol–water partition coefficient (Wildman–Crippen LogP) is 16.5. The monoisotopic (exact) mass is 938 g/mol. The van der Waals surface area contributed by atoms with Crippen molar-refractivity contribution in [1.82, 2.24) is 30.0 Å². The first-order valence-corrected chi connectivity index (χ1v) is 24.9. The molecule has 8 heteroatoms. The van der Waals surface area contributed by atoms with E-state index < -0.39 is 0 Å². The number of hydrogen-bond donors (Lipinski definition) is 0. The Kier molecular flexibility index (Phi) is 13.9. The van der Waals surface area contributed by atoms with Crippen molar-refractivity contribution in [2.75, 3.05) is 9.80 Å². The molecule has 72 heavy (non-hydrogen) atoms. The quantitative estimate of drug-likeness (QED) is 0.108. The smallest absolute Gasteiger partial charge is 0.113 e. The second-order valence-corrected chi connectivity index (χ2v) is 17.7. The number of aryl methyl sites for hydroxylation is 2. The fourth-order valence-corrected chi connectivity index (χ4v) is 9.24. The predicted molar refractivity (Wildman–Crippen MR) is 301 cm³/mol. The van der Waals surface area contributed by atoms with E-state index in [1.54, 1.807) is 9.59 Å². The van der Waals surface area contributed by atoms with Crippen molar-refractivity contribution in [1.29, 1.82) is 0 Å². The van der Waals surface area contributed by atoms with Gasteiger partial charge in [-0.1, -0.05) is 123 Å². The molecule has 0 bridgehead atoms. The Balaban J connectivity index is 0.920. The zero-order chi connectivity index (χ0) is 49.4. The van der Waals surface area contributed by atoms with Gasteiger partial charge in [-0.15, -0.1) is 15.3 Å². The van der Waals surface area contributed by atoms with Gasteiger partial charge in [-0.05, 0) is 194 Å². The van der Waals surface area contributed by atoms with Crippen molar-refractivity contribution in [2.45, 2.75) is 53.9 Å². The number of anilines is 5. The summed E-state index contributed by atoms with van der Waals surface area (Å²) in [4.78, 5) is 8.08. The Bertz CT molecular complexity index is 3480. The maximum Gasteiger partial charge on any atom is 0.113 e. The molecular formula is C64H58N8. The highest BCUT2D eigenvalue weighted by Crippen LogP contribution is 2.39. The molecule has 0 amide bonds. The zero-order valence-corrected chi connectivity index (χ0v) is 41.6. The minimum Gasteiger partial charge on any atom is -0.310 e. The molecule has 0 fully saturated rings. The number of allylic oxidation sites excluding steroid dienone is 9. The van der Waals surface area contributed by atoms with Gasteiger partial charge in [0.05, 0.1) is 17.1 Å². The largest absolute Gasteiger partial charge is 0.310 e. The fraction of sp³-hybridized carbons (Fsp3) is 0.125. The number of hydrogen-bond acceptors (Lipinski definition) is 6. The maximum absolute atomic E-state index is 4.80. The molecule has 0 radical (unpaired) electrons.